The predicted molar refractivity (Wildman–Crippen MR) is 113 cm³/mol. The Morgan fingerprint density at radius 2 is 1.86 bits per heavy atom. The fourth-order valence-electron chi connectivity index (χ4n) is 4.13. The first-order valence-corrected chi connectivity index (χ1v) is 10.0. The molecular formula is C24H22N4O. The maximum absolute atomic E-state index is 12.9. The first-order chi connectivity index (χ1) is 14.3. The quantitative estimate of drug-likeness (QED) is 0.573. The summed E-state index contributed by atoms with van der Waals surface area (Å²) in [6.07, 6.45) is 3.14. The van der Waals surface area contributed by atoms with E-state index in [9.17, 15) is 4.79 Å². The molecule has 0 spiro atoms. The third-order valence-corrected chi connectivity index (χ3v) is 5.63. The number of carbonyl (C=O) groups excluding carboxylic acids is 1. The summed E-state index contributed by atoms with van der Waals surface area (Å²) in [7, 11) is 0. The number of rotatable bonds is 4. The normalized spacial score (nSPS) is 15.8. The Morgan fingerprint density at radius 1 is 1.03 bits per heavy atom. The predicted octanol–water partition coefficient (Wildman–Crippen LogP) is 4.29. The van der Waals surface area contributed by atoms with Crippen molar-refractivity contribution in [3.63, 3.8) is 0 Å². The average Bonchev–Trinajstić information content (AvgIpc) is 3.17. The van der Waals surface area contributed by atoms with Crippen molar-refractivity contribution in [2.24, 2.45) is 0 Å². The topological polar surface area (TPSA) is 59.8 Å². The van der Waals surface area contributed by atoms with E-state index in [1.807, 2.05) is 47.1 Å². The van der Waals surface area contributed by atoms with Gasteiger partial charge in [0.15, 0.2) is 0 Å². The van der Waals surface area contributed by atoms with Crippen LogP contribution in [-0.2, 0) is 13.0 Å². The standard InChI is InChI=1S/C24H22N4O/c29-24(25-21-12-6-10-18-9-4-5-11-20(18)21)19-13-14-23-22(15-19)26-27-28(23)16-17-7-2-1-3-8-17/h1-5,7-9,11,13-15,21H,6,10,12,16H2,(H,25,29). The minimum Gasteiger partial charge on any atom is -0.345 e. The Kier molecular flexibility index (Phi) is 4.56. The van der Waals surface area contributed by atoms with Gasteiger partial charge in [-0.1, -0.05) is 59.8 Å². The summed E-state index contributed by atoms with van der Waals surface area (Å²) in [5.41, 5.74) is 6.01. The number of carbonyl (C=O) groups is 1. The van der Waals surface area contributed by atoms with Gasteiger partial charge < -0.3 is 5.32 Å². The number of fused-ring (bicyclic) bond motifs is 2. The summed E-state index contributed by atoms with van der Waals surface area (Å²) in [5, 5.41) is 11.8. The van der Waals surface area contributed by atoms with E-state index in [0.717, 1.165) is 35.9 Å². The number of amides is 1. The van der Waals surface area contributed by atoms with Crippen molar-refractivity contribution in [1.82, 2.24) is 20.3 Å². The van der Waals surface area contributed by atoms with E-state index >= 15 is 0 Å². The van der Waals surface area contributed by atoms with Gasteiger partial charge >= 0.3 is 0 Å². The van der Waals surface area contributed by atoms with Crippen LogP contribution in [-0.4, -0.2) is 20.9 Å². The second-order valence-corrected chi connectivity index (χ2v) is 7.55. The molecule has 5 nitrogen and oxygen atoms in total. The largest absolute Gasteiger partial charge is 0.345 e. The van der Waals surface area contributed by atoms with Crippen LogP contribution in [0, 0.1) is 0 Å². The highest BCUT2D eigenvalue weighted by molar-refractivity contribution is 5.97. The summed E-state index contributed by atoms with van der Waals surface area (Å²) in [6.45, 7) is 0.655. The van der Waals surface area contributed by atoms with Gasteiger partial charge in [0.25, 0.3) is 5.91 Å². The zero-order valence-corrected chi connectivity index (χ0v) is 16.1. The van der Waals surface area contributed by atoms with Crippen LogP contribution in [0.3, 0.4) is 0 Å². The molecule has 29 heavy (non-hydrogen) atoms. The fourth-order valence-corrected chi connectivity index (χ4v) is 4.13. The van der Waals surface area contributed by atoms with Gasteiger partial charge in [-0.3, -0.25) is 4.79 Å². The molecule has 0 radical (unpaired) electrons. The van der Waals surface area contributed by atoms with Crippen molar-refractivity contribution in [2.45, 2.75) is 31.8 Å². The third kappa shape index (κ3) is 3.51. The van der Waals surface area contributed by atoms with Crippen molar-refractivity contribution < 1.29 is 4.79 Å². The molecule has 0 fully saturated rings. The number of hydrogen-bond donors (Lipinski definition) is 1. The van der Waals surface area contributed by atoms with Crippen LogP contribution in [0.5, 0.6) is 0 Å². The smallest absolute Gasteiger partial charge is 0.251 e. The molecule has 1 aliphatic carbocycles. The van der Waals surface area contributed by atoms with E-state index < -0.39 is 0 Å². The lowest BCUT2D eigenvalue weighted by Gasteiger charge is -2.26. The first-order valence-electron chi connectivity index (χ1n) is 10.0. The number of nitrogens with zero attached hydrogens (tertiary/aromatic N) is 3. The molecule has 3 aromatic carbocycles. The maximum Gasteiger partial charge on any atom is 0.251 e. The number of aryl methyl sites for hydroxylation is 1. The molecule has 0 bridgehead atoms. The van der Waals surface area contributed by atoms with E-state index in [-0.39, 0.29) is 11.9 Å². The van der Waals surface area contributed by atoms with Crippen molar-refractivity contribution >= 4 is 16.9 Å². The Hall–Kier alpha value is -3.47. The van der Waals surface area contributed by atoms with E-state index in [4.69, 9.17) is 0 Å². The van der Waals surface area contributed by atoms with Gasteiger partial charge in [0.05, 0.1) is 18.1 Å². The zero-order chi connectivity index (χ0) is 19.6. The molecule has 1 aromatic heterocycles. The SMILES string of the molecule is O=C(NC1CCCc2ccccc21)c1ccc2c(c1)nnn2Cc1ccccc1. The molecule has 0 aliphatic heterocycles. The summed E-state index contributed by atoms with van der Waals surface area (Å²) < 4.78 is 1.86. The second-order valence-electron chi connectivity index (χ2n) is 7.55. The lowest BCUT2D eigenvalue weighted by molar-refractivity contribution is 0.0933. The molecule has 1 unspecified atom stereocenters. The molecule has 1 heterocycles. The van der Waals surface area contributed by atoms with E-state index in [0.29, 0.717) is 12.1 Å². The van der Waals surface area contributed by atoms with Gasteiger partial charge in [-0.05, 0) is 54.2 Å². The molecule has 1 amide bonds. The van der Waals surface area contributed by atoms with Crippen molar-refractivity contribution in [2.75, 3.05) is 0 Å². The highest BCUT2D eigenvalue weighted by Gasteiger charge is 2.22. The Bertz CT molecular complexity index is 1170. The second kappa shape index (κ2) is 7.51. The minimum atomic E-state index is -0.0637. The molecule has 1 N–H and O–H groups in total. The number of hydrogen-bond acceptors (Lipinski definition) is 3. The minimum absolute atomic E-state index is 0.0637. The molecular weight excluding hydrogens is 360 g/mol. The third-order valence-electron chi connectivity index (χ3n) is 5.63. The van der Waals surface area contributed by atoms with Crippen LogP contribution in [0.15, 0.2) is 72.8 Å². The lowest BCUT2D eigenvalue weighted by Crippen LogP contribution is -2.30. The average molecular weight is 382 g/mol. The lowest BCUT2D eigenvalue weighted by atomic mass is 9.87. The molecule has 1 aliphatic rings. The Morgan fingerprint density at radius 3 is 2.76 bits per heavy atom. The highest BCUT2D eigenvalue weighted by Crippen LogP contribution is 2.29. The van der Waals surface area contributed by atoms with Gasteiger partial charge in [0.1, 0.15) is 5.52 Å². The van der Waals surface area contributed by atoms with Gasteiger partial charge in [0, 0.05) is 5.56 Å². The number of nitrogens with one attached hydrogen (secondary N) is 1. The monoisotopic (exact) mass is 382 g/mol. The van der Waals surface area contributed by atoms with E-state index in [1.165, 1.54) is 11.1 Å². The van der Waals surface area contributed by atoms with Crippen LogP contribution in [0.2, 0.25) is 0 Å². The summed E-state index contributed by atoms with van der Waals surface area (Å²) in [4.78, 5) is 12.9. The Balaban J connectivity index is 1.37. The van der Waals surface area contributed by atoms with Gasteiger partial charge in [-0.25, -0.2) is 4.68 Å². The fraction of sp³-hybridized carbons (Fsp3) is 0.208. The number of benzene rings is 3. The van der Waals surface area contributed by atoms with Crippen LogP contribution < -0.4 is 5.32 Å². The van der Waals surface area contributed by atoms with E-state index in [1.54, 1.807) is 0 Å². The van der Waals surface area contributed by atoms with Crippen LogP contribution in [0.25, 0.3) is 11.0 Å². The maximum atomic E-state index is 12.9. The highest BCUT2D eigenvalue weighted by atomic mass is 16.1. The van der Waals surface area contributed by atoms with Crippen LogP contribution >= 0.6 is 0 Å². The zero-order valence-electron chi connectivity index (χ0n) is 16.1. The summed E-state index contributed by atoms with van der Waals surface area (Å²) in [6, 6.07) is 24.2. The summed E-state index contributed by atoms with van der Waals surface area (Å²) in [5.74, 6) is -0.0637. The molecule has 5 heteroatoms. The Labute approximate surface area is 169 Å². The van der Waals surface area contributed by atoms with Gasteiger partial charge in [-0.2, -0.15) is 0 Å². The van der Waals surface area contributed by atoms with Crippen LogP contribution in [0.4, 0.5) is 0 Å². The molecule has 5 rings (SSSR count). The molecule has 4 aromatic rings. The van der Waals surface area contributed by atoms with E-state index in [2.05, 4.69) is 46.0 Å². The summed E-state index contributed by atoms with van der Waals surface area (Å²) >= 11 is 0. The van der Waals surface area contributed by atoms with Crippen molar-refractivity contribution in [3.05, 3.63) is 95.1 Å². The molecule has 0 saturated carbocycles. The van der Waals surface area contributed by atoms with Crippen molar-refractivity contribution in [3.8, 4) is 0 Å². The molecule has 0 saturated heterocycles. The number of aromatic nitrogens is 3. The van der Waals surface area contributed by atoms with Crippen LogP contribution in [0.1, 0.15) is 45.9 Å². The molecule has 144 valence electrons. The van der Waals surface area contributed by atoms with Crippen molar-refractivity contribution in [1.29, 1.82) is 0 Å². The first kappa shape index (κ1) is 17.6. The van der Waals surface area contributed by atoms with Gasteiger partial charge in [-0.15, -0.1) is 5.10 Å². The molecule has 1 atom stereocenters. The van der Waals surface area contributed by atoms with Gasteiger partial charge in [0.2, 0.25) is 0 Å².